The summed E-state index contributed by atoms with van der Waals surface area (Å²) in [7, 11) is 0. The third kappa shape index (κ3) is 4.25. The lowest BCUT2D eigenvalue weighted by molar-refractivity contribution is 0.157. The van der Waals surface area contributed by atoms with Gasteiger partial charge in [0.1, 0.15) is 5.75 Å². The molecule has 5 rings (SSSR count). The van der Waals surface area contributed by atoms with Crippen molar-refractivity contribution >= 4 is 10.9 Å². The Labute approximate surface area is 199 Å². The van der Waals surface area contributed by atoms with E-state index in [1.54, 1.807) is 12.1 Å². The molecule has 0 unspecified atom stereocenters. The van der Waals surface area contributed by atoms with Gasteiger partial charge in [0.15, 0.2) is 0 Å². The maximum atomic E-state index is 11.7. The maximum Gasteiger partial charge on any atom is 0.248 e. The van der Waals surface area contributed by atoms with Gasteiger partial charge in [-0.1, -0.05) is 48.5 Å². The molecule has 0 radical (unpaired) electrons. The molecule has 4 aromatic rings. The van der Waals surface area contributed by atoms with Gasteiger partial charge in [-0.3, -0.25) is 4.79 Å². The van der Waals surface area contributed by atoms with Crippen LogP contribution in [0.5, 0.6) is 5.75 Å². The number of aliphatic hydroxyl groups is 1. The lowest BCUT2D eigenvalue weighted by Gasteiger charge is -2.32. The van der Waals surface area contributed by atoms with E-state index in [1.807, 2.05) is 6.07 Å². The van der Waals surface area contributed by atoms with Crippen molar-refractivity contribution < 1.29 is 10.2 Å². The number of β-amino-alcohol motifs (C(OH)–C–C–N with tert-alkyl or cyclic N) is 1. The van der Waals surface area contributed by atoms with Crippen LogP contribution in [0.15, 0.2) is 71.5 Å². The minimum Gasteiger partial charge on any atom is -0.506 e. The smallest absolute Gasteiger partial charge is 0.248 e. The molecule has 0 saturated carbocycles. The zero-order valence-corrected chi connectivity index (χ0v) is 19.6. The van der Waals surface area contributed by atoms with Gasteiger partial charge >= 0.3 is 0 Å². The number of hydrogen-bond donors (Lipinski definition) is 4. The Morgan fingerprint density at radius 3 is 2.32 bits per heavy atom. The predicted molar refractivity (Wildman–Crippen MR) is 135 cm³/mol. The van der Waals surface area contributed by atoms with Gasteiger partial charge in [0.2, 0.25) is 5.56 Å². The third-order valence-corrected chi connectivity index (χ3v) is 7.20. The summed E-state index contributed by atoms with van der Waals surface area (Å²) in [5, 5.41) is 25.8. The van der Waals surface area contributed by atoms with E-state index in [1.165, 1.54) is 39.9 Å². The second-order valence-corrected chi connectivity index (χ2v) is 9.68. The molecule has 1 aromatic heterocycles. The van der Waals surface area contributed by atoms with Gasteiger partial charge in [-0.05, 0) is 78.6 Å². The monoisotopic (exact) mass is 454 g/mol. The molecule has 174 valence electrons. The van der Waals surface area contributed by atoms with Crippen LogP contribution in [0, 0.1) is 13.8 Å². The van der Waals surface area contributed by atoms with Crippen molar-refractivity contribution in [2.45, 2.75) is 44.8 Å². The molecule has 1 aliphatic carbocycles. The number of pyridine rings is 1. The molecule has 0 amide bonds. The van der Waals surface area contributed by atoms with Gasteiger partial charge in [0.05, 0.1) is 11.6 Å². The molecule has 34 heavy (non-hydrogen) atoms. The summed E-state index contributed by atoms with van der Waals surface area (Å²) in [6.45, 7) is 4.67. The van der Waals surface area contributed by atoms with Crippen LogP contribution in [0.25, 0.3) is 10.9 Å². The van der Waals surface area contributed by atoms with E-state index in [4.69, 9.17) is 0 Å². The van der Waals surface area contributed by atoms with Crippen molar-refractivity contribution in [3.8, 4) is 5.75 Å². The van der Waals surface area contributed by atoms with Crippen LogP contribution < -0.4 is 10.9 Å². The number of aromatic amines is 1. The highest BCUT2D eigenvalue weighted by atomic mass is 16.3. The number of rotatable bonds is 6. The normalized spacial score (nSPS) is 15.4. The SMILES string of the molecule is Cc1cc2c(cc1C)CC(Cc1ccccc1)(NC[C@H](O)c1ccc(O)c3[nH]c(=O)ccc13)C2. The Hall–Kier alpha value is -3.41. The number of aromatic hydroxyl groups is 1. The zero-order chi connectivity index (χ0) is 23.9. The highest BCUT2D eigenvalue weighted by Crippen LogP contribution is 2.35. The second-order valence-electron chi connectivity index (χ2n) is 9.68. The van der Waals surface area contributed by atoms with E-state index in [-0.39, 0.29) is 16.8 Å². The van der Waals surface area contributed by atoms with E-state index in [9.17, 15) is 15.0 Å². The fraction of sp³-hybridized carbons (Fsp3) is 0.276. The summed E-state index contributed by atoms with van der Waals surface area (Å²) in [5.74, 6) is -0.00543. The molecule has 3 aromatic carbocycles. The molecule has 5 heteroatoms. The Bertz CT molecular complexity index is 1380. The topological polar surface area (TPSA) is 85.3 Å². The molecular weight excluding hydrogens is 424 g/mol. The van der Waals surface area contributed by atoms with Crippen molar-refractivity contribution in [3.05, 3.63) is 110 Å². The summed E-state index contributed by atoms with van der Waals surface area (Å²) in [6.07, 6.45) is 1.86. The van der Waals surface area contributed by atoms with Crippen molar-refractivity contribution in [3.63, 3.8) is 0 Å². The van der Waals surface area contributed by atoms with Gasteiger partial charge in [-0.15, -0.1) is 0 Å². The first-order valence-electron chi connectivity index (χ1n) is 11.7. The summed E-state index contributed by atoms with van der Waals surface area (Å²) >= 11 is 0. The van der Waals surface area contributed by atoms with Crippen LogP contribution in [-0.4, -0.2) is 27.3 Å². The first kappa shape index (κ1) is 22.4. The average Bonchev–Trinajstić information content (AvgIpc) is 3.16. The molecule has 5 nitrogen and oxygen atoms in total. The van der Waals surface area contributed by atoms with E-state index in [0.717, 1.165) is 19.3 Å². The number of H-pyrrole nitrogens is 1. The fourth-order valence-electron chi connectivity index (χ4n) is 5.33. The molecule has 0 spiro atoms. The number of phenolic OH excluding ortho intramolecular Hbond substituents is 1. The lowest BCUT2D eigenvalue weighted by atomic mass is 9.87. The third-order valence-electron chi connectivity index (χ3n) is 7.20. The summed E-state index contributed by atoms with van der Waals surface area (Å²) in [6, 6.07) is 21.4. The largest absolute Gasteiger partial charge is 0.506 e. The van der Waals surface area contributed by atoms with Crippen LogP contribution in [0.3, 0.4) is 0 Å². The molecule has 0 fully saturated rings. The number of phenols is 1. The van der Waals surface area contributed by atoms with E-state index < -0.39 is 6.10 Å². The van der Waals surface area contributed by atoms with Gasteiger partial charge in [0.25, 0.3) is 0 Å². The number of fused-ring (bicyclic) bond motifs is 2. The lowest BCUT2D eigenvalue weighted by Crippen LogP contribution is -2.49. The zero-order valence-electron chi connectivity index (χ0n) is 19.6. The van der Waals surface area contributed by atoms with Gasteiger partial charge in [-0.25, -0.2) is 0 Å². The minimum atomic E-state index is -0.797. The number of nitrogens with one attached hydrogen (secondary N) is 2. The molecule has 0 bridgehead atoms. The Morgan fingerprint density at radius 2 is 1.65 bits per heavy atom. The summed E-state index contributed by atoms with van der Waals surface area (Å²) in [4.78, 5) is 14.4. The number of hydrogen-bond acceptors (Lipinski definition) is 4. The highest BCUT2D eigenvalue weighted by Gasteiger charge is 2.37. The molecule has 0 aliphatic heterocycles. The Balaban J connectivity index is 1.44. The van der Waals surface area contributed by atoms with Crippen LogP contribution in [0.4, 0.5) is 0 Å². The molecule has 1 heterocycles. The van der Waals surface area contributed by atoms with E-state index >= 15 is 0 Å². The number of benzene rings is 3. The predicted octanol–water partition coefficient (Wildman–Crippen LogP) is 4.25. The van der Waals surface area contributed by atoms with E-state index in [0.29, 0.717) is 23.0 Å². The molecule has 1 atom stereocenters. The quantitative estimate of drug-likeness (QED) is 0.351. The maximum absolute atomic E-state index is 11.7. The second kappa shape index (κ2) is 8.75. The minimum absolute atomic E-state index is 0.00543. The fourth-order valence-corrected chi connectivity index (χ4v) is 5.33. The first-order valence-corrected chi connectivity index (χ1v) is 11.7. The summed E-state index contributed by atoms with van der Waals surface area (Å²) in [5.41, 5.74) is 7.14. The number of aliphatic hydroxyl groups excluding tert-OH is 1. The van der Waals surface area contributed by atoms with Crippen molar-refractivity contribution in [2.75, 3.05) is 6.54 Å². The standard InChI is InChI=1S/C29H30N2O3/c1-18-12-21-15-29(16-22(21)13-19(18)2,14-20-6-4-3-5-7-20)30-17-26(33)23-8-10-25(32)28-24(23)9-11-27(34)31-28/h3-13,26,30,32-33H,14-17H2,1-2H3,(H,31,34)/t26-/m0/s1. The molecule has 4 N–H and O–H groups in total. The molecule has 0 saturated heterocycles. The Morgan fingerprint density at radius 1 is 0.971 bits per heavy atom. The van der Waals surface area contributed by atoms with Crippen molar-refractivity contribution in [1.82, 2.24) is 10.3 Å². The van der Waals surface area contributed by atoms with Crippen LogP contribution in [0.1, 0.15) is 39.5 Å². The van der Waals surface area contributed by atoms with Gasteiger partial charge in [0, 0.05) is 23.5 Å². The highest BCUT2D eigenvalue weighted by molar-refractivity contribution is 5.87. The van der Waals surface area contributed by atoms with Gasteiger partial charge < -0.3 is 20.5 Å². The molecule has 1 aliphatic rings. The average molecular weight is 455 g/mol. The first-order chi connectivity index (χ1) is 16.3. The van der Waals surface area contributed by atoms with E-state index in [2.05, 4.69) is 60.5 Å². The molecular formula is C29H30N2O3. The number of aromatic nitrogens is 1. The number of aryl methyl sites for hydroxylation is 2. The van der Waals surface area contributed by atoms with Crippen LogP contribution in [0.2, 0.25) is 0 Å². The Kier molecular flexibility index (Phi) is 5.76. The van der Waals surface area contributed by atoms with Gasteiger partial charge in [-0.2, -0.15) is 0 Å². The van der Waals surface area contributed by atoms with Crippen molar-refractivity contribution in [1.29, 1.82) is 0 Å². The summed E-state index contributed by atoms with van der Waals surface area (Å²) < 4.78 is 0. The van der Waals surface area contributed by atoms with Crippen molar-refractivity contribution in [2.24, 2.45) is 0 Å². The van der Waals surface area contributed by atoms with Crippen LogP contribution >= 0.6 is 0 Å². The van der Waals surface area contributed by atoms with Crippen LogP contribution in [-0.2, 0) is 19.3 Å².